The molecule has 2 unspecified atom stereocenters. The van der Waals surface area contributed by atoms with Gasteiger partial charge < -0.3 is 0 Å². The van der Waals surface area contributed by atoms with Crippen LogP contribution < -0.4 is 0 Å². The first-order valence-corrected chi connectivity index (χ1v) is 4.92. The molecule has 0 aromatic rings. The monoisotopic (exact) mass is 288 g/mol. The normalized spacial score (nSPS) is 39.6. The Hall–Kier alpha value is 0.790. The Labute approximate surface area is 84.4 Å². The van der Waals surface area contributed by atoms with Gasteiger partial charge in [0, 0.05) is 5.03 Å². The van der Waals surface area contributed by atoms with Gasteiger partial charge >= 0.3 is 0 Å². The lowest BCUT2D eigenvalue weighted by Crippen LogP contribution is -2.28. The maximum Gasteiger partial charge on any atom is 0.0767 e. The fourth-order valence-electron chi connectivity index (χ4n) is 0.767. The maximum absolute atomic E-state index is 6.10. The highest BCUT2D eigenvalue weighted by atomic mass is 127. The van der Waals surface area contributed by atoms with E-state index in [1.54, 1.807) is 0 Å². The molecular formula is C7H7Cl2I. The number of rotatable bonds is 0. The largest absolute Gasteiger partial charge is 0.113 e. The van der Waals surface area contributed by atoms with Crippen molar-refractivity contribution in [1.82, 2.24) is 0 Å². The van der Waals surface area contributed by atoms with Crippen molar-refractivity contribution < 1.29 is 0 Å². The Morgan fingerprint density at radius 2 is 2.30 bits per heavy atom. The second-order valence-electron chi connectivity index (χ2n) is 2.42. The van der Waals surface area contributed by atoms with Crippen LogP contribution in [0.5, 0.6) is 0 Å². The third-order valence-electron chi connectivity index (χ3n) is 1.42. The predicted molar refractivity (Wildman–Crippen MR) is 55.1 cm³/mol. The fourth-order valence-corrected chi connectivity index (χ4v) is 1.73. The van der Waals surface area contributed by atoms with Crippen LogP contribution >= 0.6 is 45.8 Å². The summed E-state index contributed by atoms with van der Waals surface area (Å²) in [5.74, 6) is 0. The van der Waals surface area contributed by atoms with Gasteiger partial charge in [-0.05, 0) is 13.0 Å². The first kappa shape index (κ1) is 8.88. The van der Waals surface area contributed by atoms with Gasteiger partial charge in [-0.15, -0.1) is 11.6 Å². The van der Waals surface area contributed by atoms with E-state index in [1.807, 2.05) is 25.2 Å². The first-order valence-electron chi connectivity index (χ1n) is 2.92. The summed E-state index contributed by atoms with van der Waals surface area (Å²) in [6.07, 6.45) is 5.73. The van der Waals surface area contributed by atoms with Gasteiger partial charge in [-0.1, -0.05) is 46.3 Å². The highest BCUT2D eigenvalue weighted by Gasteiger charge is 2.31. The molecule has 0 aromatic carbocycles. The SMILES string of the molecule is CC1(Cl)C=CC=C(Cl)C1I. The third-order valence-corrected chi connectivity index (χ3v) is 4.80. The minimum Gasteiger partial charge on any atom is -0.113 e. The van der Waals surface area contributed by atoms with Crippen molar-refractivity contribution in [3.05, 3.63) is 23.3 Å². The van der Waals surface area contributed by atoms with Gasteiger partial charge in [0.15, 0.2) is 0 Å². The highest BCUT2D eigenvalue weighted by Crippen LogP contribution is 2.36. The molecule has 10 heavy (non-hydrogen) atoms. The Morgan fingerprint density at radius 1 is 1.70 bits per heavy atom. The van der Waals surface area contributed by atoms with Crippen molar-refractivity contribution in [2.24, 2.45) is 0 Å². The first-order chi connectivity index (χ1) is 4.54. The zero-order valence-corrected chi connectivity index (χ0v) is 9.11. The summed E-state index contributed by atoms with van der Waals surface area (Å²) in [4.78, 5) is -0.313. The van der Waals surface area contributed by atoms with E-state index in [0.717, 1.165) is 5.03 Å². The smallest absolute Gasteiger partial charge is 0.0767 e. The van der Waals surface area contributed by atoms with Crippen molar-refractivity contribution in [1.29, 1.82) is 0 Å². The molecule has 0 aliphatic heterocycles. The average Bonchev–Trinajstić information content (AvgIpc) is 1.83. The summed E-state index contributed by atoms with van der Waals surface area (Å²) in [6.45, 7) is 1.96. The molecule has 1 rings (SSSR count). The lowest BCUT2D eigenvalue weighted by molar-refractivity contribution is 0.811. The summed E-state index contributed by atoms with van der Waals surface area (Å²) < 4.78 is 0.193. The lowest BCUT2D eigenvalue weighted by Gasteiger charge is -2.26. The molecule has 0 radical (unpaired) electrons. The predicted octanol–water partition coefficient (Wildman–Crippen LogP) is 3.48. The summed E-state index contributed by atoms with van der Waals surface area (Å²) in [7, 11) is 0. The van der Waals surface area contributed by atoms with Crippen LogP contribution in [0.1, 0.15) is 6.92 Å². The molecule has 0 saturated heterocycles. The number of allylic oxidation sites excluding steroid dienone is 4. The molecule has 0 nitrogen and oxygen atoms in total. The molecule has 0 spiro atoms. The van der Waals surface area contributed by atoms with Crippen LogP contribution in [-0.4, -0.2) is 8.80 Å². The standard InChI is InChI=1S/C7H7Cl2I/c1-7(9)4-2-3-5(8)6(7)10/h2-4,6H,1H3. The zero-order chi connectivity index (χ0) is 7.78. The maximum atomic E-state index is 6.10. The molecule has 56 valence electrons. The van der Waals surface area contributed by atoms with E-state index < -0.39 is 0 Å². The molecule has 1 aliphatic carbocycles. The van der Waals surface area contributed by atoms with E-state index in [0.29, 0.717) is 0 Å². The molecular weight excluding hydrogens is 282 g/mol. The Kier molecular flexibility index (Phi) is 2.69. The van der Waals surface area contributed by atoms with Crippen molar-refractivity contribution in [2.45, 2.75) is 15.7 Å². The van der Waals surface area contributed by atoms with Crippen molar-refractivity contribution in [3.8, 4) is 0 Å². The van der Waals surface area contributed by atoms with Crippen LogP contribution in [0.15, 0.2) is 23.3 Å². The van der Waals surface area contributed by atoms with E-state index in [9.17, 15) is 0 Å². The van der Waals surface area contributed by atoms with Crippen molar-refractivity contribution in [2.75, 3.05) is 0 Å². The summed E-state index contributed by atoms with van der Waals surface area (Å²) in [5.41, 5.74) is 0. The Bertz CT molecular complexity index is 194. The van der Waals surface area contributed by atoms with E-state index in [-0.39, 0.29) is 8.80 Å². The van der Waals surface area contributed by atoms with Gasteiger partial charge in [-0.25, -0.2) is 0 Å². The minimum atomic E-state index is -0.313. The highest BCUT2D eigenvalue weighted by molar-refractivity contribution is 14.1. The molecule has 1 aliphatic rings. The van der Waals surface area contributed by atoms with E-state index in [2.05, 4.69) is 22.6 Å². The molecule has 0 bridgehead atoms. The zero-order valence-electron chi connectivity index (χ0n) is 5.44. The van der Waals surface area contributed by atoms with Gasteiger partial charge in [-0.3, -0.25) is 0 Å². The van der Waals surface area contributed by atoms with E-state index in [4.69, 9.17) is 23.2 Å². The molecule has 0 heterocycles. The van der Waals surface area contributed by atoms with Gasteiger partial charge in [0.2, 0.25) is 0 Å². The van der Waals surface area contributed by atoms with Crippen LogP contribution in [0.2, 0.25) is 0 Å². The number of halogens is 3. The van der Waals surface area contributed by atoms with Gasteiger partial charge in [0.25, 0.3) is 0 Å². The van der Waals surface area contributed by atoms with Crippen LogP contribution in [0, 0.1) is 0 Å². The summed E-state index contributed by atoms with van der Waals surface area (Å²) >= 11 is 14.2. The molecule has 2 atom stereocenters. The van der Waals surface area contributed by atoms with Gasteiger partial charge in [0.1, 0.15) is 0 Å². The van der Waals surface area contributed by atoms with Crippen LogP contribution in [0.25, 0.3) is 0 Å². The van der Waals surface area contributed by atoms with Crippen molar-refractivity contribution >= 4 is 45.8 Å². The Morgan fingerprint density at radius 3 is 2.70 bits per heavy atom. The third kappa shape index (κ3) is 1.69. The summed E-state index contributed by atoms with van der Waals surface area (Å²) in [5, 5.41) is 0.820. The fraction of sp³-hybridized carbons (Fsp3) is 0.429. The second kappa shape index (κ2) is 3.03. The number of hydrogen-bond acceptors (Lipinski definition) is 0. The quantitative estimate of drug-likeness (QED) is 0.473. The van der Waals surface area contributed by atoms with Crippen LogP contribution in [0.3, 0.4) is 0 Å². The topological polar surface area (TPSA) is 0 Å². The van der Waals surface area contributed by atoms with Gasteiger partial charge in [0.05, 0.1) is 8.80 Å². The summed E-state index contributed by atoms with van der Waals surface area (Å²) in [6, 6.07) is 0. The van der Waals surface area contributed by atoms with E-state index >= 15 is 0 Å². The number of hydrogen-bond donors (Lipinski definition) is 0. The molecule has 0 amide bonds. The molecule has 0 saturated carbocycles. The Balaban J connectivity index is 2.89. The van der Waals surface area contributed by atoms with Crippen molar-refractivity contribution in [3.63, 3.8) is 0 Å². The minimum absolute atomic E-state index is 0.193. The van der Waals surface area contributed by atoms with Gasteiger partial charge in [-0.2, -0.15) is 0 Å². The molecule has 3 heteroatoms. The van der Waals surface area contributed by atoms with Crippen LogP contribution in [0.4, 0.5) is 0 Å². The average molecular weight is 289 g/mol. The molecule has 0 fully saturated rings. The number of alkyl halides is 2. The molecule has 0 N–H and O–H groups in total. The molecule has 0 aromatic heterocycles. The van der Waals surface area contributed by atoms with E-state index in [1.165, 1.54) is 0 Å². The van der Waals surface area contributed by atoms with Crippen LogP contribution in [-0.2, 0) is 0 Å². The lowest BCUT2D eigenvalue weighted by atomic mass is 10.0. The second-order valence-corrected chi connectivity index (χ2v) is 4.92.